The Morgan fingerprint density at radius 1 is 1.04 bits per heavy atom. The first-order valence-corrected chi connectivity index (χ1v) is 8.44. The van der Waals surface area contributed by atoms with Gasteiger partial charge in [-0.2, -0.15) is 4.99 Å². The summed E-state index contributed by atoms with van der Waals surface area (Å²) < 4.78 is 4.92. The summed E-state index contributed by atoms with van der Waals surface area (Å²) in [4.78, 5) is 37.8. The topological polar surface area (TPSA) is 96.9 Å². The second-order valence-corrected chi connectivity index (χ2v) is 5.95. The van der Waals surface area contributed by atoms with Crippen molar-refractivity contribution in [3.05, 3.63) is 53.1 Å². The first-order chi connectivity index (χ1) is 12.9. The molecule has 2 aromatic carbocycles. The lowest BCUT2D eigenvalue weighted by molar-refractivity contribution is -0.118. The molecule has 0 atom stereocenters. The standard InChI is InChI=1S/C20H21N3O4/c1-4-15-9-16(7-5-13(15)2)22-19(25)11-27-20(26)23-17-8-6-14(3)18(10-17)21-12-24/h5-10H,4,11H2,1-3H3,(H,22,25)(H,23,26). The average Bonchev–Trinajstić information content (AvgIpc) is 2.64. The molecule has 7 nitrogen and oxygen atoms in total. The maximum absolute atomic E-state index is 12.0. The van der Waals surface area contributed by atoms with Crippen molar-refractivity contribution in [1.82, 2.24) is 0 Å². The molecule has 2 N–H and O–H groups in total. The monoisotopic (exact) mass is 367 g/mol. The third-order valence-electron chi connectivity index (χ3n) is 3.97. The van der Waals surface area contributed by atoms with Crippen LogP contribution in [0.15, 0.2) is 41.4 Å². The number of anilines is 2. The fraction of sp³-hybridized carbons (Fsp3) is 0.250. The second kappa shape index (κ2) is 9.31. The first-order valence-electron chi connectivity index (χ1n) is 8.44. The molecule has 2 amide bonds. The Balaban J connectivity index is 1.89. The van der Waals surface area contributed by atoms with E-state index in [2.05, 4.69) is 15.6 Å². The summed E-state index contributed by atoms with van der Waals surface area (Å²) in [6.45, 7) is 5.40. The molecule has 0 saturated carbocycles. The third kappa shape index (κ3) is 5.80. The average molecular weight is 367 g/mol. The number of isocyanates is 1. The van der Waals surface area contributed by atoms with E-state index in [1.807, 2.05) is 26.0 Å². The lowest BCUT2D eigenvalue weighted by Crippen LogP contribution is -2.23. The van der Waals surface area contributed by atoms with Gasteiger partial charge in [-0.15, -0.1) is 0 Å². The minimum atomic E-state index is -0.784. The van der Waals surface area contributed by atoms with Crippen LogP contribution in [-0.4, -0.2) is 24.7 Å². The van der Waals surface area contributed by atoms with Crippen LogP contribution < -0.4 is 10.6 Å². The van der Waals surface area contributed by atoms with E-state index < -0.39 is 18.6 Å². The molecule has 0 aromatic heterocycles. The molecule has 2 aromatic rings. The Bertz CT molecular complexity index is 902. The van der Waals surface area contributed by atoms with Crippen LogP contribution in [-0.2, 0) is 20.7 Å². The summed E-state index contributed by atoms with van der Waals surface area (Å²) >= 11 is 0. The second-order valence-electron chi connectivity index (χ2n) is 5.95. The molecule has 0 aliphatic rings. The highest BCUT2D eigenvalue weighted by molar-refractivity contribution is 5.94. The quantitative estimate of drug-likeness (QED) is 0.595. The fourth-order valence-corrected chi connectivity index (χ4v) is 2.47. The van der Waals surface area contributed by atoms with Crippen molar-refractivity contribution in [2.24, 2.45) is 4.99 Å². The van der Waals surface area contributed by atoms with Gasteiger partial charge in [0.2, 0.25) is 6.08 Å². The van der Waals surface area contributed by atoms with Gasteiger partial charge in [0.05, 0.1) is 5.69 Å². The molecule has 27 heavy (non-hydrogen) atoms. The van der Waals surface area contributed by atoms with Crippen LogP contribution in [0.25, 0.3) is 0 Å². The summed E-state index contributed by atoms with van der Waals surface area (Å²) in [7, 11) is 0. The minimum absolute atomic E-state index is 0.395. The molecule has 2 rings (SSSR count). The van der Waals surface area contributed by atoms with Crippen molar-refractivity contribution >= 4 is 35.1 Å². The Morgan fingerprint density at radius 2 is 1.70 bits per heavy atom. The van der Waals surface area contributed by atoms with E-state index in [1.165, 1.54) is 12.1 Å². The van der Waals surface area contributed by atoms with Gasteiger partial charge in [-0.25, -0.2) is 9.59 Å². The molecular weight excluding hydrogens is 346 g/mol. The zero-order chi connectivity index (χ0) is 19.8. The van der Waals surface area contributed by atoms with Gasteiger partial charge >= 0.3 is 6.09 Å². The largest absolute Gasteiger partial charge is 0.439 e. The van der Waals surface area contributed by atoms with Gasteiger partial charge in [0, 0.05) is 11.4 Å². The van der Waals surface area contributed by atoms with Gasteiger partial charge in [0.1, 0.15) is 0 Å². The van der Waals surface area contributed by atoms with Crippen LogP contribution >= 0.6 is 0 Å². The van der Waals surface area contributed by atoms with Gasteiger partial charge in [0.15, 0.2) is 6.61 Å². The van der Waals surface area contributed by atoms with Crippen molar-refractivity contribution in [3.63, 3.8) is 0 Å². The number of amides is 2. The Labute approximate surface area is 157 Å². The molecule has 7 heteroatoms. The highest BCUT2D eigenvalue weighted by Crippen LogP contribution is 2.22. The molecule has 140 valence electrons. The zero-order valence-corrected chi connectivity index (χ0v) is 15.5. The summed E-state index contributed by atoms with van der Waals surface area (Å²) in [5.74, 6) is -0.439. The lowest BCUT2D eigenvalue weighted by atomic mass is 10.1. The SMILES string of the molecule is CCc1cc(NC(=O)COC(=O)Nc2ccc(C)c(N=C=O)c2)ccc1C. The van der Waals surface area contributed by atoms with Gasteiger partial charge < -0.3 is 10.1 Å². The van der Waals surface area contributed by atoms with Crippen LogP contribution in [0.3, 0.4) is 0 Å². The van der Waals surface area contributed by atoms with E-state index in [-0.39, 0.29) is 0 Å². The van der Waals surface area contributed by atoms with Crippen molar-refractivity contribution in [2.75, 3.05) is 17.2 Å². The summed E-state index contributed by atoms with van der Waals surface area (Å²) in [5, 5.41) is 5.18. The number of aliphatic imine (C=N–C) groups is 1. The molecule has 0 fully saturated rings. The number of carbonyl (C=O) groups is 2. The molecule has 0 aliphatic carbocycles. The number of rotatable bonds is 6. The van der Waals surface area contributed by atoms with Gasteiger partial charge in [-0.1, -0.05) is 19.1 Å². The molecule has 0 bridgehead atoms. The number of benzene rings is 2. The van der Waals surface area contributed by atoms with Gasteiger partial charge in [0.25, 0.3) is 5.91 Å². The van der Waals surface area contributed by atoms with E-state index in [9.17, 15) is 14.4 Å². The van der Waals surface area contributed by atoms with E-state index >= 15 is 0 Å². The zero-order valence-electron chi connectivity index (χ0n) is 15.5. The number of carbonyl (C=O) groups excluding carboxylic acids is 3. The highest BCUT2D eigenvalue weighted by atomic mass is 16.6. The molecule has 0 aliphatic heterocycles. The summed E-state index contributed by atoms with van der Waals surface area (Å²) in [6.07, 6.45) is 1.54. The van der Waals surface area contributed by atoms with E-state index in [1.54, 1.807) is 25.1 Å². The van der Waals surface area contributed by atoms with Crippen molar-refractivity contribution in [1.29, 1.82) is 0 Å². The Morgan fingerprint density at radius 3 is 2.37 bits per heavy atom. The Hall–Kier alpha value is -3.44. The number of hydrogen-bond donors (Lipinski definition) is 2. The van der Waals surface area contributed by atoms with Crippen molar-refractivity contribution < 1.29 is 19.1 Å². The fourth-order valence-electron chi connectivity index (χ4n) is 2.47. The maximum Gasteiger partial charge on any atom is 0.412 e. The Kier molecular flexibility index (Phi) is 6.86. The number of aryl methyl sites for hydroxylation is 3. The predicted octanol–water partition coefficient (Wildman–Crippen LogP) is 4.02. The summed E-state index contributed by atoms with van der Waals surface area (Å²) in [5.41, 5.74) is 4.50. The van der Waals surface area contributed by atoms with Crippen LogP contribution in [0, 0.1) is 13.8 Å². The van der Waals surface area contributed by atoms with Crippen LogP contribution in [0.2, 0.25) is 0 Å². The number of nitrogens with one attached hydrogen (secondary N) is 2. The van der Waals surface area contributed by atoms with Crippen molar-refractivity contribution in [2.45, 2.75) is 27.2 Å². The summed E-state index contributed by atoms with van der Waals surface area (Å²) in [6, 6.07) is 10.5. The van der Waals surface area contributed by atoms with E-state index in [0.29, 0.717) is 17.1 Å². The highest BCUT2D eigenvalue weighted by Gasteiger charge is 2.10. The smallest absolute Gasteiger partial charge is 0.412 e. The molecular formula is C20H21N3O4. The number of ether oxygens (including phenoxy) is 1. The minimum Gasteiger partial charge on any atom is -0.439 e. The van der Waals surface area contributed by atoms with E-state index in [4.69, 9.17) is 4.74 Å². The molecule has 0 saturated heterocycles. The third-order valence-corrected chi connectivity index (χ3v) is 3.97. The lowest BCUT2D eigenvalue weighted by Gasteiger charge is -2.10. The van der Waals surface area contributed by atoms with Crippen molar-refractivity contribution in [3.8, 4) is 0 Å². The number of nitrogens with zero attached hydrogens (tertiary/aromatic N) is 1. The van der Waals surface area contributed by atoms with Crippen LogP contribution in [0.4, 0.5) is 21.9 Å². The maximum atomic E-state index is 12.0. The predicted molar refractivity (Wildman–Crippen MR) is 103 cm³/mol. The van der Waals surface area contributed by atoms with Crippen LogP contribution in [0.5, 0.6) is 0 Å². The van der Waals surface area contributed by atoms with Gasteiger partial charge in [-0.3, -0.25) is 10.1 Å². The van der Waals surface area contributed by atoms with Crippen LogP contribution in [0.1, 0.15) is 23.6 Å². The molecule has 0 spiro atoms. The normalized spacial score (nSPS) is 9.89. The van der Waals surface area contributed by atoms with Gasteiger partial charge in [-0.05, 0) is 61.2 Å². The first kappa shape index (κ1) is 19.9. The van der Waals surface area contributed by atoms with E-state index in [0.717, 1.165) is 23.1 Å². The number of hydrogen-bond acceptors (Lipinski definition) is 5. The molecule has 0 radical (unpaired) electrons. The molecule has 0 unspecified atom stereocenters. The molecule has 0 heterocycles.